The van der Waals surface area contributed by atoms with Gasteiger partial charge in [-0.15, -0.1) is 0 Å². The monoisotopic (exact) mass is 289 g/mol. The molecule has 0 amide bonds. The van der Waals surface area contributed by atoms with Gasteiger partial charge in [0.25, 0.3) is 0 Å². The Morgan fingerprint density at radius 2 is 2.14 bits per heavy atom. The molecule has 112 valence electrons. The lowest BCUT2D eigenvalue weighted by Gasteiger charge is -2.10. The molecule has 1 fully saturated rings. The molecule has 0 aromatic heterocycles. The molecule has 5 heteroatoms. The zero-order valence-electron chi connectivity index (χ0n) is 11.7. The van der Waals surface area contributed by atoms with Crippen molar-refractivity contribution < 1.29 is 20.1 Å². The predicted molar refractivity (Wildman–Crippen MR) is 78.3 cm³/mol. The number of ketones is 1. The quantitative estimate of drug-likeness (QED) is 0.696. The third kappa shape index (κ3) is 2.84. The minimum Gasteiger partial charge on any atom is -0.506 e. The van der Waals surface area contributed by atoms with E-state index < -0.39 is 6.10 Å². The van der Waals surface area contributed by atoms with E-state index in [-0.39, 0.29) is 31.0 Å². The number of phenolic OH excluding ortho intramolecular Hbond substituents is 1. The number of fused-ring (bicyclic) bond motifs is 1. The zero-order valence-corrected chi connectivity index (χ0v) is 11.7. The average Bonchev–Trinajstić information content (AvgIpc) is 3.24. The first-order valence-corrected chi connectivity index (χ1v) is 7.34. The maximum absolute atomic E-state index is 12.3. The zero-order chi connectivity index (χ0) is 15.0. The van der Waals surface area contributed by atoms with E-state index in [1.165, 1.54) is 6.07 Å². The number of aliphatic hydroxyl groups is 2. The van der Waals surface area contributed by atoms with Crippen molar-refractivity contribution in [1.29, 1.82) is 0 Å². The molecule has 3 rings (SSSR count). The number of aromatic hydroxyl groups is 1. The van der Waals surface area contributed by atoms with Gasteiger partial charge in [-0.3, -0.25) is 9.79 Å². The lowest BCUT2D eigenvalue weighted by Crippen LogP contribution is -2.14. The topological polar surface area (TPSA) is 90.1 Å². The molecule has 1 aromatic carbocycles. The maximum Gasteiger partial charge on any atom is 0.163 e. The Hall–Kier alpha value is -1.72. The third-order valence-electron chi connectivity index (χ3n) is 4.14. The number of aliphatic imine (C=N–C) groups is 1. The number of hydrogen-bond acceptors (Lipinski definition) is 5. The highest BCUT2D eigenvalue weighted by Crippen LogP contribution is 2.43. The predicted octanol–water partition coefficient (Wildman–Crippen LogP) is 1.75. The van der Waals surface area contributed by atoms with E-state index in [1.807, 2.05) is 0 Å². The molecule has 0 saturated heterocycles. The fraction of sp³-hybridized carbons (Fsp3) is 0.500. The fourth-order valence-corrected chi connectivity index (χ4v) is 2.73. The van der Waals surface area contributed by atoms with Crippen LogP contribution >= 0.6 is 0 Å². The molecule has 0 bridgehead atoms. The average molecular weight is 289 g/mol. The molecule has 1 unspecified atom stereocenters. The van der Waals surface area contributed by atoms with Crippen LogP contribution in [-0.4, -0.2) is 39.5 Å². The number of nitrogens with zero attached hydrogens (tertiary/aromatic N) is 1. The van der Waals surface area contributed by atoms with Crippen molar-refractivity contribution in [3.8, 4) is 5.75 Å². The molecule has 1 saturated carbocycles. The van der Waals surface area contributed by atoms with Gasteiger partial charge in [-0.25, -0.2) is 0 Å². The van der Waals surface area contributed by atoms with Crippen molar-refractivity contribution in [2.75, 3.05) is 6.61 Å². The molecule has 5 nitrogen and oxygen atoms in total. The van der Waals surface area contributed by atoms with Gasteiger partial charge in [0.1, 0.15) is 11.4 Å². The highest BCUT2D eigenvalue weighted by Gasteiger charge is 2.33. The summed E-state index contributed by atoms with van der Waals surface area (Å²) in [6.45, 7) is -0.337. The molecule has 1 aliphatic carbocycles. The summed E-state index contributed by atoms with van der Waals surface area (Å²) in [5.74, 6) is 0.551. The largest absolute Gasteiger partial charge is 0.506 e. The first-order chi connectivity index (χ1) is 10.1. The molecule has 0 spiro atoms. The van der Waals surface area contributed by atoms with E-state index in [4.69, 9.17) is 5.11 Å². The summed E-state index contributed by atoms with van der Waals surface area (Å²) in [6, 6.07) is 3.14. The lowest BCUT2D eigenvalue weighted by atomic mass is 9.95. The number of rotatable bonds is 6. The van der Waals surface area contributed by atoms with Gasteiger partial charge in [0, 0.05) is 24.1 Å². The summed E-state index contributed by atoms with van der Waals surface area (Å²) in [4.78, 5) is 16.8. The lowest BCUT2D eigenvalue weighted by molar-refractivity contribution is 0.0779. The number of benzene rings is 1. The molecule has 1 aliphatic heterocycles. The summed E-state index contributed by atoms with van der Waals surface area (Å²) in [6.07, 6.45) is 2.47. The molecule has 21 heavy (non-hydrogen) atoms. The Bertz CT molecular complexity index is 605. The minimum absolute atomic E-state index is 0.0778. The molecular weight excluding hydrogens is 270 g/mol. The second-order valence-corrected chi connectivity index (χ2v) is 5.81. The number of phenols is 1. The highest BCUT2D eigenvalue weighted by molar-refractivity contribution is 6.05. The van der Waals surface area contributed by atoms with Crippen molar-refractivity contribution in [3.63, 3.8) is 0 Å². The molecule has 0 radical (unpaired) electrons. The van der Waals surface area contributed by atoms with Crippen LogP contribution < -0.4 is 0 Å². The van der Waals surface area contributed by atoms with E-state index in [2.05, 4.69) is 4.99 Å². The van der Waals surface area contributed by atoms with Crippen LogP contribution in [0.5, 0.6) is 5.75 Å². The van der Waals surface area contributed by atoms with Gasteiger partial charge in [-0.2, -0.15) is 0 Å². The Kier molecular flexibility index (Phi) is 3.78. The SMILES string of the molecule is O=C(CCC(O)CO)c1ccc(O)c2c1CC(C1CC1)=N2. The van der Waals surface area contributed by atoms with E-state index in [1.54, 1.807) is 6.07 Å². The van der Waals surface area contributed by atoms with Crippen LogP contribution in [0.1, 0.15) is 41.6 Å². The van der Waals surface area contributed by atoms with E-state index in [9.17, 15) is 15.0 Å². The molecule has 1 atom stereocenters. The summed E-state index contributed by atoms with van der Waals surface area (Å²) >= 11 is 0. The summed E-state index contributed by atoms with van der Waals surface area (Å²) in [5.41, 5.74) is 2.98. The summed E-state index contributed by atoms with van der Waals surface area (Å²) in [7, 11) is 0. The van der Waals surface area contributed by atoms with Crippen LogP contribution in [0, 0.1) is 5.92 Å². The fourth-order valence-electron chi connectivity index (χ4n) is 2.73. The third-order valence-corrected chi connectivity index (χ3v) is 4.14. The minimum atomic E-state index is -0.864. The molecule has 3 N–H and O–H groups in total. The van der Waals surface area contributed by atoms with Crippen molar-refractivity contribution in [2.45, 2.75) is 38.2 Å². The van der Waals surface area contributed by atoms with Crippen LogP contribution in [0.3, 0.4) is 0 Å². The molecule has 2 aliphatic rings. The Labute approximate surface area is 123 Å². The van der Waals surface area contributed by atoms with Crippen molar-refractivity contribution in [3.05, 3.63) is 23.3 Å². The van der Waals surface area contributed by atoms with Gasteiger partial charge >= 0.3 is 0 Å². The van der Waals surface area contributed by atoms with Crippen LogP contribution in [0.15, 0.2) is 17.1 Å². The maximum atomic E-state index is 12.3. The van der Waals surface area contributed by atoms with E-state index in [0.29, 0.717) is 23.6 Å². The normalized spacial score (nSPS) is 18.3. The number of carbonyl (C=O) groups excluding carboxylic acids is 1. The van der Waals surface area contributed by atoms with Gasteiger partial charge < -0.3 is 15.3 Å². The Morgan fingerprint density at radius 3 is 2.81 bits per heavy atom. The standard InChI is InChI=1S/C16H19NO4/c18-8-10(19)3-5-14(20)11-4-6-15(21)16-12(11)7-13(17-16)9-1-2-9/h4,6,9-10,18-19,21H,1-3,5,7-8H2. The Balaban J connectivity index is 1.80. The smallest absolute Gasteiger partial charge is 0.163 e. The first kappa shape index (κ1) is 14.2. The van der Waals surface area contributed by atoms with Crippen LogP contribution in [0.4, 0.5) is 5.69 Å². The van der Waals surface area contributed by atoms with Gasteiger partial charge in [-0.05, 0) is 42.9 Å². The Morgan fingerprint density at radius 1 is 1.38 bits per heavy atom. The van der Waals surface area contributed by atoms with E-state index >= 15 is 0 Å². The van der Waals surface area contributed by atoms with Crippen molar-refractivity contribution in [1.82, 2.24) is 0 Å². The van der Waals surface area contributed by atoms with Crippen LogP contribution in [0.25, 0.3) is 0 Å². The molecular formula is C16H19NO4. The van der Waals surface area contributed by atoms with Gasteiger partial charge in [0.2, 0.25) is 0 Å². The van der Waals surface area contributed by atoms with Crippen molar-refractivity contribution >= 4 is 17.2 Å². The number of hydrogen-bond donors (Lipinski definition) is 3. The van der Waals surface area contributed by atoms with Crippen LogP contribution in [-0.2, 0) is 6.42 Å². The molecule has 1 heterocycles. The second-order valence-electron chi connectivity index (χ2n) is 5.81. The van der Waals surface area contributed by atoms with Gasteiger partial charge in [-0.1, -0.05) is 0 Å². The second kappa shape index (κ2) is 5.58. The first-order valence-electron chi connectivity index (χ1n) is 7.34. The number of Topliss-reactive ketones (excluding diaryl/α,β-unsaturated/α-hetero) is 1. The number of aliphatic hydroxyl groups excluding tert-OH is 2. The number of carbonyl (C=O) groups is 1. The summed E-state index contributed by atoms with van der Waals surface area (Å²) < 4.78 is 0. The van der Waals surface area contributed by atoms with Crippen molar-refractivity contribution in [2.24, 2.45) is 10.9 Å². The highest BCUT2D eigenvalue weighted by atomic mass is 16.3. The van der Waals surface area contributed by atoms with Crippen LogP contribution in [0.2, 0.25) is 0 Å². The molecule has 1 aromatic rings. The van der Waals surface area contributed by atoms with Gasteiger partial charge in [0.15, 0.2) is 5.78 Å². The van der Waals surface area contributed by atoms with Gasteiger partial charge in [0.05, 0.1) is 12.7 Å². The van der Waals surface area contributed by atoms with E-state index in [0.717, 1.165) is 24.1 Å². The summed E-state index contributed by atoms with van der Waals surface area (Å²) in [5, 5.41) is 28.1.